The van der Waals surface area contributed by atoms with Crippen molar-refractivity contribution in [3.8, 4) is 11.5 Å². The van der Waals surface area contributed by atoms with Gasteiger partial charge in [0.15, 0.2) is 17.5 Å². The topological polar surface area (TPSA) is 78.7 Å². The van der Waals surface area contributed by atoms with Crippen LogP contribution in [0.5, 0.6) is 0 Å². The summed E-state index contributed by atoms with van der Waals surface area (Å²) in [5, 5.41) is 2.96. The third-order valence-electron chi connectivity index (χ3n) is 4.52. The molecule has 4 rings (SSSR count). The lowest BCUT2D eigenvalue weighted by atomic mass is 10.2. The van der Waals surface area contributed by atoms with Crippen molar-refractivity contribution in [2.24, 2.45) is 9.98 Å². The third kappa shape index (κ3) is 3.26. The maximum Gasteiger partial charge on any atom is 0.208 e. The lowest BCUT2D eigenvalue weighted by Gasteiger charge is -2.24. The van der Waals surface area contributed by atoms with Crippen LogP contribution in [0.2, 0.25) is 0 Å². The molecule has 0 bridgehead atoms. The highest BCUT2D eigenvalue weighted by atomic mass is 19.1. The van der Waals surface area contributed by atoms with Crippen LogP contribution in [0.3, 0.4) is 0 Å². The minimum atomic E-state index is -0.472. The molecule has 136 valence electrons. The van der Waals surface area contributed by atoms with Crippen molar-refractivity contribution in [2.45, 2.75) is 25.8 Å². The number of halogens is 1. The molecule has 8 heteroatoms. The Morgan fingerprint density at radius 3 is 2.88 bits per heavy atom. The number of anilines is 2. The SMILES string of the molecule is CC1CCCN1c1nc(-c2ccccn2)nc(NC2=NCCN=C2)c1F.[HH]. The Balaban J connectivity index is 0.00000210. The third-order valence-corrected chi connectivity index (χ3v) is 4.52. The molecule has 7 nitrogen and oxygen atoms in total. The fourth-order valence-corrected chi connectivity index (χ4v) is 3.18. The Hall–Kier alpha value is -2.90. The van der Waals surface area contributed by atoms with Gasteiger partial charge in [-0.2, -0.15) is 4.39 Å². The van der Waals surface area contributed by atoms with Gasteiger partial charge in [0.2, 0.25) is 5.82 Å². The molecular weight excluding hydrogens is 333 g/mol. The molecule has 26 heavy (non-hydrogen) atoms. The number of rotatable bonds is 3. The molecule has 0 aromatic carbocycles. The van der Waals surface area contributed by atoms with Gasteiger partial charge in [0.05, 0.1) is 19.3 Å². The van der Waals surface area contributed by atoms with Gasteiger partial charge in [0.25, 0.3) is 0 Å². The number of aliphatic imine (C=N–C) groups is 2. The summed E-state index contributed by atoms with van der Waals surface area (Å²) in [6.07, 6.45) is 5.31. The quantitative estimate of drug-likeness (QED) is 0.916. The standard InChI is InChI=1S/C18H20FN7.H2/c1-12-5-4-10-26(12)18-15(19)17(23-14-11-20-8-9-22-14)24-16(25-18)13-6-2-3-7-21-13;/h2-3,6-7,11-12H,4-5,8-10H2,1H3,(H,22,23,24,25);1H. The molecule has 0 amide bonds. The Morgan fingerprint density at radius 2 is 2.19 bits per heavy atom. The number of amidine groups is 1. The van der Waals surface area contributed by atoms with Crippen LogP contribution in [0.1, 0.15) is 21.2 Å². The summed E-state index contributed by atoms with van der Waals surface area (Å²) in [5.74, 6) is 0.821. The van der Waals surface area contributed by atoms with E-state index in [-0.39, 0.29) is 13.3 Å². The minimum Gasteiger partial charge on any atom is -0.351 e. The Kier molecular flexibility index (Phi) is 4.55. The lowest BCUT2D eigenvalue weighted by molar-refractivity contribution is 0.603. The van der Waals surface area contributed by atoms with Crippen molar-refractivity contribution in [3.05, 3.63) is 30.2 Å². The molecule has 0 aliphatic carbocycles. The number of nitrogens with one attached hydrogen (secondary N) is 1. The second kappa shape index (κ2) is 7.15. The summed E-state index contributed by atoms with van der Waals surface area (Å²) in [7, 11) is 0. The Morgan fingerprint density at radius 1 is 1.27 bits per heavy atom. The smallest absolute Gasteiger partial charge is 0.208 e. The molecule has 0 radical (unpaired) electrons. The highest BCUT2D eigenvalue weighted by Gasteiger charge is 2.28. The van der Waals surface area contributed by atoms with Gasteiger partial charge in [-0.3, -0.25) is 15.0 Å². The van der Waals surface area contributed by atoms with Gasteiger partial charge < -0.3 is 10.2 Å². The molecule has 1 saturated heterocycles. The van der Waals surface area contributed by atoms with E-state index in [0.29, 0.717) is 36.3 Å². The largest absolute Gasteiger partial charge is 0.351 e. The van der Waals surface area contributed by atoms with Crippen molar-refractivity contribution >= 4 is 23.7 Å². The van der Waals surface area contributed by atoms with E-state index in [1.807, 2.05) is 23.1 Å². The van der Waals surface area contributed by atoms with E-state index >= 15 is 4.39 Å². The summed E-state index contributed by atoms with van der Waals surface area (Å²) in [5.41, 5.74) is 0.600. The highest BCUT2D eigenvalue weighted by Crippen LogP contribution is 2.31. The maximum atomic E-state index is 15.2. The first-order valence-corrected chi connectivity index (χ1v) is 8.79. The number of nitrogens with zero attached hydrogens (tertiary/aromatic N) is 6. The van der Waals surface area contributed by atoms with Gasteiger partial charge in [0, 0.05) is 20.2 Å². The average Bonchev–Trinajstić information content (AvgIpc) is 3.11. The number of hydrogen-bond donors (Lipinski definition) is 1. The normalized spacial score (nSPS) is 19.5. The molecule has 2 aliphatic heterocycles. The van der Waals surface area contributed by atoms with Gasteiger partial charge >= 0.3 is 0 Å². The summed E-state index contributed by atoms with van der Waals surface area (Å²) in [6.45, 7) is 4.08. The highest BCUT2D eigenvalue weighted by molar-refractivity contribution is 6.35. The first-order valence-electron chi connectivity index (χ1n) is 8.79. The van der Waals surface area contributed by atoms with E-state index in [0.717, 1.165) is 19.4 Å². The molecule has 4 heterocycles. The van der Waals surface area contributed by atoms with E-state index in [2.05, 4.69) is 37.2 Å². The lowest BCUT2D eigenvalue weighted by Crippen LogP contribution is -2.29. The van der Waals surface area contributed by atoms with Gasteiger partial charge in [-0.25, -0.2) is 9.97 Å². The number of pyridine rings is 1. The van der Waals surface area contributed by atoms with Gasteiger partial charge in [0.1, 0.15) is 11.5 Å². The van der Waals surface area contributed by atoms with Crippen molar-refractivity contribution in [2.75, 3.05) is 29.9 Å². The van der Waals surface area contributed by atoms with Gasteiger partial charge in [-0.05, 0) is 31.9 Å². The number of hydrogen-bond acceptors (Lipinski definition) is 7. The zero-order valence-electron chi connectivity index (χ0n) is 14.6. The van der Waals surface area contributed by atoms with E-state index in [4.69, 9.17) is 0 Å². The van der Waals surface area contributed by atoms with Crippen LogP contribution in [-0.2, 0) is 0 Å². The monoisotopic (exact) mass is 355 g/mol. The van der Waals surface area contributed by atoms with Crippen LogP contribution in [0, 0.1) is 5.82 Å². The zero-order valence-corrected chi connectivity index (χ0v) is 14.6. The molecule has 1 atom stereocenters. The average molecular weight is 355 g/mol. The maximum absolute atomic E-state index is 15.2. The summed E-state index contributed by atoms with van der Waals surface area (Å²) in [6, 6.07) is 5.73. The van der Waals surface area contributed by atoms with E-state index < -0.39 is 5.82 Å². The first kappa shape index (κ1) is 16.6. The van der Waals surface area contributed by atoms with Gasteiger partial charge in [-0.1, -0.05) is 6.07 Å². The summed E-state index contributed by atoms with van der Waals surface area (Å²) < 4.78 is 15.2. The predicted molar refractivity (Wildman–Crippen MR) is 103 cm³/mol. The predicted octanol–water partition coefficient (Wildman–Crippen LogP) is 2.81. The van der Waals surface area contributed by atoms with Crippen LogP contribution in [0.4, 0.5) is 16.0 Å². The zero-order chi connectivity index (χ0) is 17.9. The van der Waals surface area contributed by atoms with Crippen LogP contribution in [-0.4, -0.2) is 52.7 Å². The fraction of sp³-hybridized carbons (Fsp3) is 0.389. The van der Waals surface area contributed by atoms with Crippen molar-refractivity contribution in [3.63, 3.8) is 0 Å². The van der Waals surface area contributed by atoms with E-state index in [1.54, 1.807) is 12.4 Å². The van der Waals surface area contributed by atoms with Crippen molar-refractivity contribution in [1.29, 1.82) is 0 Å². The number of aromatic nitrogens is 3. The molecule has 1 fully saturated rings. The van der Waals surface area contributed by atoms with E-state index in [1.165, 1.54) is 0 Å². The molecule has 2 aliphatic rings. The van der Waals surface area contributed by atoms with Gasteiger partial charge in [-0.15, -0.1) is 0 Å². The molecule has 1 unspecified atom stereocenters. The molecule has 2 aromatic heterocycles. The second-order valence-electron chi connectivity index (χ2n) is 6.36. The van der Waals surface area contributed by atoms with Crippen LogP contribution < -0.4 is 10.2 Å². The van der Waals surface area contributed by atoms with Crippen LogP contribution in [0.25, 0.3) is 11.5 Å². The Bertz CT molecular complexity index is 856. The summed E-state index contributed by atoms with van der Waals surface area (Å²) >= 11 is 0. The van der Waals surface area contributed by atoms with Crippen LogP contribution >= 0.6 is 0 Å². The molecule has 0 spiro atoms. The molecular formula is C18H22FN7. The van der Waals surface area contributed by atoms with Crippen molar-refractivity contribution < 1.29 is 5.82 Å². The van der Waals surface area contributed by atoms with E-state index in [9.17, 15) is 0 Å². The molecule has 2 aromatic rings. The first-order chi connectivity index (χ1) is 12.7. The Labute approximate surface area is 152 Å². The summed E-state index contributed by atoms with van der Waals surface area (Å²) in [4.78, 5) is 23.6. The molecule has 1 N–H and O–H groups in total. The van der Waals surface area contributed by atoms with Crippen molar-refractivity contribution in [1.82, 2.24) is 15.0 Å². The fourth-order valence-electron chi connectivity index (χ4n) is 3.18. The molecule has 0 saturated carbocycles. The van der Waals surface area contributed by atoms with Crippen LogP contribution in [0.15, 0.2) is 34.4 Å². The second-order valence-corrected chi connectivity index (χ2v) is 6.36. The minimum absolute atomic E-state index is 0.